The molecular formula is C13H18ClN3. The zero-order valence-electron chi connectivity index (χ0n) is 10.3. The number of hydrogen-bond donors (Lipinski definition) is 0. The Morgan fingerprint density at radius 3 is 2.41 bits per heavy atom. The number of fused-ring (bicyclic) bond motifs is 5. The molecule has 4 unspecified atom stereocenters. The Morgan fingerprint density at radius 1 is 1.18 bits per heavy atom. The van der Waals surface area contributed by atoms with Crippen molar-refractivity contribution >= 4 is 11.6 Å². The van der Waals surface area contributed by atoms with Gasteiger partial charge in [0.25, 0.3) is 0 Å². The lowest BCUT2D eigenvalue weighted by molar-refractivity contribution is 0.442. The molecule has 3 fully saturated rings. The minimum absolute atomic E-state index is 0.411. The molecule has 0 spiro atoms. The molecule has 3 nitrogen and oxygen atoms in total. The van der Waals surface area contributed by atoms with Crippen molar-refractivity contribution in [3.05, 3.63) is 11.1 Å². The molecule has 3 saturated carbocycles. The molecule has 1 aromatic rings. The third-order valence-electron chi connectivity index (χ3n) is 5.19. The summed E-state index contributed by atoms with van der Waals surface area (Å²) in [5.41, 5.74) is 0. The first-order valence-electron chi connectivity index (χ1n) is 6.78. The Morgan fingerprint density at radius 2 is 1.82 bits per heavy atom. The fourth-order valence-corrected chi connectivity index (χ4v) is 4.81. The largest absolute Gasteiger partial charge is 0.298 e. The van der Waals surface area contributed by atoms with E-state index in [9.17, 15) is 0 Å². The van der Waals surface area contributed by atoms with Crippen LogP contribution < -0.4 is 0 Å². The molecule has 1 aromatic heterocycles. The summed E-state index contributed by atoms with van der Waals surface area (Å²) in [6.45, 7) is 4.34. The highest BCUT2D eigenvalue weighted by molar-refractivity contribution is 6.28. The van der Waals surface area contributed by atoms with Crippen LogP contribution in [0, 0.1) is 23.7 Å². The topological polar surface area (TPSA) is 30.7 Å². The summed E-state index contributed by atoms with van der Waals surface area (Å²) >= 11 is 6.24. The van der Waals surface area contributed by atoms with Crippen molar-refractivity contribution < 1.29 is 0 Å². The molecular weight excluding hydrogens is 234 g/mol. The molecule has 0 aliphatic heterocycles. The van der Waals surface area contributed by atoms with Crippen LogP contribution in [0.1, 0.15) is 50.9 Å². The van der Waals surface area contributed by atoms with E-state index in [0.717, 1.165) is 29.5 Å². The van der Waals surface area contributed by atoms with Gasteiger partial charge >= 0.3 is 0 Å². The summed E-state index contributed by atoms with van der Waals surface area (Å²) in [7, 11) is 0. The predicted molar refractivity (Wildman–Crippen MR) is 66.0 cm³/mol. The maximum atomic E-state index is 6.24. The van der Waals surface area contributed by atoms with Crippen LogP contribution in [0.2, 0.25) is 5.28 Å². The van der Waals surface area contributed by atoms with Crippen LogP contribution in [-0.2, 0) is 0 Å². The number of hydrogen-bond acceptors (Lipinski definition) is 2. The highest BCUT2D eigenvalue weighted by Crippen LogP contribution is 2.72. The highest BCUT2D eigenvalue weighted by Gasteiger charge is 2.66. The van der Waals surface area contributed by atoms with E-state index in [1.54, 1.807) is 0 Å². The molecule has 1 heterocycles. The van der Waals surface area contributed by atoms with E-state index in [4.69, 9.17) is 11.6 Å². The van der Waals surface area contributed by atoms with Gasteiger partial charge in [-0.25, -0.2) is 0 Å². The molecule has 0 amide bonds. The van der Waals surface area contributed by atoms with Crippen molar-refractivity contribution in [2.75, 3.05) is 0 Å². The lowest BCUT2D eigenvalue weighted by Gasteiger charge is -2.14. The van der Waals surface area contributed by atoms with Crippen LogP contribution in [-0.4, -0.2) is 14.8 Å². The highest BCUT2D eigenvalue weighted by atomic mass is 35.5. The Bertz CT molecular complexity index is 451. The van der Waals surface area contributed by atoms with Gasteiger partial charge in [-0.15, -0.1) is 10.2 Å². The Kier molecular flexibility index (Phi) is 1.98. The van der Waals surface area contributed by atoms with Crippen molar-refractivity contribution in [3.8, 4) is 0 Å². The van der Waals surface area contributed by atoms with Crippen molar-refractivity contribution in [3.63, 3.8) is 0 Å². The SMILES string of the molecule is CC(C)c1nnc(Cl)n1C1C2C3CCC(C3)C21. The average Bonchev–Trinajstić information content (AvgIpc) is 2.69. The molecule has 2 bridgehead atoms. The van der Waals surface area contributed by atoms with Crippen LogP contribution in [0.15, 0.2) is 0 Å². The second-order valence-electron chi connectivity index (χ2n) is 6.33. The molecule has 0 radical (unpaired) electrons. The second kappa shape index (κ2) is 3.25. The molecule has 0 N–H and O–H groups in total. The summed E-state index contributed by atoms with van der Waals surface area (Å²) < 4.78 is 2.24. The van der Waals surface area contributed by atoms with Crippen molar-refractivity contribution in [2.45, 2.75) is 45.1 Å². The maximum absolute atomic E-state index is 6.24. The zero-order valence-corrected chi connectivity index (χ0v) is 11.1. The zero-order chi connectivity index (χ0) is 11.7. The fraction of sp³-hybridized carbons (Fsp3) is 0.846. The van der Waals surface area contributed by atoms with E-state index in [1.165, 1.54) is 19.3 Å². The molecule has 3 aliphatic rings. The molecule has 0 saturated heterocycles. The molecule has 4 atom stereocenters. The van der Waals surface area contributed by atoms with Crippen LogP contribution >= 0.6 is 11.6 Å². The summed E-state index contributed by atoms with van der Waals surface area (Å²) in [5.74, 6) is 5.20. The van der Waals surface area contributed by atoms with Gasteiger partial charge in [0.05, 0.1) is 0 Å². The van der Waals surface area contributed by atoms with Crippen molar-refractivity contribution in [2.24, 2.45) is 23.7 Å². The Balaban J connectivity index is 1.71. The number of aromatic nitrogens is 3. The summed E-state index contributed by atoms with van der Waals surface area (Å²) in [6.07, 6.45) is 4.36. The predicted octanol–water partition coefficient (Wildman–Crippen LogP) is 3.27. The minimum atomic E-state index is 0.411. The van der Waals surface area contributed by atoms with Gasteiger partial charge < -0.3 is 0 Å². The summed E-state index contributed by atoms with van der Waals surface area (Å²) in [4.78, 5) is 0. The van der Waals surface area contributed by atoms with E-state index in [1.807, 2.05) is 0 Å². The number of nitrogens with zero attached hydrogens (tertiary/aromatic N) is 3. The number of rotatable bonds is 2. The van der Waals surface area contributed by atoms with E-state index in [-0.39, 0.29) is 0 Å². The average molecular weight is 252 g/mol. The fourth-order valence-electron chi connectivity index (χ4n) is 4.58. The van der Waals surface area contributed by atoms with Crippen LogP contribution in [0.5, 0.6) is 0 Å². The van der Waals surface area contributed by atoms with Gasteiger partial charge in [-0.05, 0) is 54.5 Å². The third-order valence-corrected chi connectivity index (χ3v) is 5.45. The quantitative estimate of drug-likeness (QED) is 0.808. The lowest BCUT2D eigenvalue weighted by Crippen LogP contribution is -2.10. The molecule has 4 rings (SSSR count). The Labute approximate surface area is 107 Å². The van der Waals surface area contributed by atoms with Crippen LogP contribution in [0.4, 0.5) is 0 Å². The summed E-state index contributed by atoms with van der Waals surface area (Å²) in [5, 5.41) is 8.93. The smallest absolute Gasteiger partial charge is 0.225 e. The van der Waals surface area contributed by atoms with Gasteiger partial charge in [-0.3, -0.25) is 4.57 Å². The van der Waals surface area contributed by atoms with E-state index in [2.05, 4.69) is 28.6 Å². The standard InChI is InChI=1S/C13H18ClN3/c1-6(2)12-15-16-13(14)17(12)11-9-7-3-4-8(5-7)10(9)11/h6-11H,3-5H2,1-2H3. The molecule has 17 heavy (non-hydrogen) atoms. The van der Waals surface area contributed by atoms with Gasteiger partial charge in [-0.1, -0.05) is 13.8 Å². The van der Waals surface area contributed by atoms with Crippen LogP contribution in [0.3, 0.4) is 0 Å². The van der Waals surface area contributed by atoms with E-state index in [0.29, 0.717) is 17.2 Å². The monoisotopic (exact) mass is 251 g/mol. The first kappa shape index (κ1) is 10.4. The van der Waals surface area contributed by atoms with E-state index >= 15 is 0 Å². The van der Waals surface area contributed by atoms with Gasteiger partial charge in [0.1, 0.15) is 5.82 Å². The van der Waals surface area contributed by atoms with Gasteiger partial charge in [0, 0.05) is 12.0 Å². The summed E-state index contributed by atoms with van der Waals surface area (Å²) in [6, 6.07) is 0.626. The number of halogens is 1. The molecule has 4 heteroatoms. The van der Waals surface area contributed by atoms with Crippen molar-refractivity contribution in [1.82, 2.24) is 14.8 Å². The first-order chi connectivity index (χ1) is 8.18. The molecule has 3 aliphatic carbocycles. The van der Waals surface area contributed by atoms with Gasteiger partial charge in [0.15, 0.2) is 0 Å². The van der Waals surface area contributed by atoms with Crippen LogP contribution in [0.25, 0.3) is 0 Å². The maximum Gasteiger partial charge on any atom is 0.225 e. The normalized spacial score (nSPS) is 42.2. The van der Waals surface area contributed by atoms with Gasteiger partial charge in [-0.2, -0.15) is 0 Å². The first-order valence-corrected chi connectivity index (χ1v) is 7.16. The van der Waals surface area contributed by atoms with E-state index < -0.39 is 0 Å². The Hall–Kier alpha value is -0.570. The minimum Gasteiger partial charge on any atom is -0.298 e. The molecule has 92 valence electrons. The van der Waals surface area contributed by atoms with Crippen molar-refractivity contribution in [1.29, 1.82) is 0 Å². The van der Waals surface area contributed by atoms with Gasteiger partial charge in [0.2, 0.25) is 5.28 Å². The lowest BCUT2D eigenvalue weighted by atomic mass is 10.0. The third kappa shape index (κ3) is 1.24. The molecule has 0 aromatic carbocycles. The second-order valence-corrected chi connectivity index (χ2v) is 6.67.